The quantitative estimate of drug-likeness (QED) is 0.0636. The second-order valence-corrected chi connectivity index (χ2v) is 34.4. The molecule has 0 spiro atoms. The number of piperidine rings is 5. The lowest BCUT2D eigenvalue weighted by molar-refractivity contribution is 0.0502. The molecule has 5 saturated heterocycles. The van der Waals surface area contributed by atoms with E-state index < -0.39 is 23.4 Å². The highest BCUT2D eigenvalue weighted by Crippen LogP contribution is 2.32. The summed E-state index contributed by atoms with van der Waals surface area (Å²) in [6.45, 7) is 13.5. The number of carbonyl (C=O) groups excluding carboxylic acids is 8. The smallest absolute Gasteiger partial charge is 0.286 e. The Kier molecular flexibility index (Phi) is 27.6. The molecule has 0 saturated carbocycles. The molecule has 0 aliphatic carbocycles. The van der Waals surface area contributed by atoms with Gasteiger partial charge in [-0.25, -0.2) is 44.3 Å². The summed E-state index contributed by atoms with van der Waals surface area (Å²) >= 11 is 0. The highest BCUT2D eigenvalue weighted by atomic mass is 19.1. The maximum atomic E-state index is 14.0. The number of halogens is 1. The summed E-state index contributed by atoms with van der Waals surface area (Å²) in [5.41, 5.74) is 27.8. The van der Waals surface area contributed by atoms with E-state index >= 15 is 0 Å². The van der Waals surface area contributed by atoms with Crippen LogP contribution in [0.5, 0.6) is 0 Å². The van der Waals surface area contributed by atoms with Crippen molar-refractivity contribution in [2.45, 2.75) is 117 Å². The number of amides is 8. The Morgan fingerprint density at radius 2 is 0.667 bits per heavy atom. The van der Waals surface area contributed by atoms with Crippen molar-refractivity contribution in [3.63, 3.8) is 0 Å². The number of nitrogens with two attached hydrogens (primary N) is 3. The summed E-state index contributed by atoms with van der Waals surface area (Å²) in [7, 11) is 0. The summed E-state index contributed by atoms with van der Waals surface area (Å²) in [5.74, 6) is -0.255. The predicted molar refractivity (Wildman–Crippen MR) is 499 cm³/mol. The molecule has 0 bridgehead atoms. The lowest BCUT2D eigenvalue weighted by atomic mass is 9.95. The van der Waals surface area contributed by atoms with E-state index in [1.165, 1.54) is 25.2 Å². The number of hydrogen-bond acceptors (Lipinski definition) is 18. The molecule has 676 valence electrons. The van der Waals surface area contributed by atoms with Crippen LogP contribution in [0.2, 0.25) is 0 Å². The normalized spacial score (nSPS) is 15.3. The van der Waals surface area contributed by atoms with Gasteiger partial charge in [0.15, 0.2) is 0 Å². The van der Waals surface area contributed by atoms with Crippen LogP contribution in [0.15, 0.2) is 226 Å². The van der Waals surface area contributed by atoms with Gasteiger partial charge in [0.25, 0.3) is 41.4 Å². The highest BCUT2D eigenvalue weighted by Gasteiger charge is 2.33. The average molecular weight is 1780 g/mol. The van der Waals surface area contributed by atoms with Gasteiger partial charge in [-0.1, -0.05) is 38.1 Å². The number of hydrogen-bond donors (Lipinski definition) is 5. The fraction of sp³-hybridized carbons (Fsp3) is 0.300. The minimum absolute atomic E-state index is 0.00751. The number of rotatable bonds is 15. The third-order valence-electron chi connectivity index (χ3n) is 25.0. The highest BCUT2D eigenvalue weighted by molar-refractivity contribution is 6.01. The number of nitrogens with zero attached hydrogens (tertiary/aromatic N) is 18. The van der Waals surface area contributed by atoms with Crippen LogP contribution in [0, 0.1) is 11.8 Å². The fourth-order valence-electron chi connectivity index (χ4n) is 17.1. The van der Waals surface area contributed by atoms with Crippen molar-refractivity contribution in [3.8, 4) is 28.4 Å². The van der Waals surface area contributed by atoms with Crippen molar-refractivity contribution in [1.82, 2.24) is 87.2 Å². The Bertz CT molecular complexity index is 6560. The van der Waals surface area contributed by atoms with E-state index in [0.717, 1.165) is 181 Å². The third kappa shape index (κ3) is 20.6. The number of alkyl halides is 1. The van der Waals surface area contributed by atoms with Gasteiger partial charge in [-0.2, -0.15) is 0 Å². The van der Waals surface area contributed by atoms with Gasteiger partial charge in [0.1, 0.15) is 39.6 Å². The molecule has 15 aromatic rings. The molecule has 0 radical (unpaired) electrons. The molecule has 5 aliphatic rings. The number of pyridine rings is 6. The molecule has 8 amide bonds. The maximum Gasteiger partial charge on any atom is 0.286 e. The van der Waals surface area contributed by atoms with Crippen molar-refractivity contribution in [1.29, 1.82) is 0 Å². The summed E-state index contributed by atoms with van der Waals surface area (Å²) < 4.78 is 23.5. The van der Waals surface area contributed by atoms with E-state index in [1.54, 1.807) is 90.0 Å². The van der Waals surface area contributed by atoms with Gasteiger partial charge in [-0.05, 0) is 228 Å². The minimum Gasteiger partial charge on any atom is -0.392 e. The molecule has 8 N–H and O–H groups in total. The van der Waals surface area contributed by atoms with Crippen LogP contribution in [0.3, 0.4) is 0 Å². The van der Waals surface area contributed by atoms with Crippen molar-refractivity contribution < 1.29 is 53.0 Å². The monoisotopic (exact) mass is 1780 g/mol. The number of fused-ring (bicyclic) bond motifs is 5. The second-order valence-electron chi connectivity index (χ2n) is 34.4. The summed E-state index contributed by atoms with van der Waals surface area (Å²) in [5, 5.41) is 23.0. The first-order valence-corrected chi connectivity index (χ1v) is 44.6. The Hall–Kier alpha value is -15.1. The zero-order chi connectivity index (χ0) is 92.3. The second kappa shape index (κ2) is 40.3. The van der Waals surface area contributed by atoms with Crippen LogP contribution in [0.4, 0.5) is 4.39 Å². The third-order valence-corrected chi connectivity index (χ3v) is 25.0. The number of aliphatic hydroxyl groups is 2. The van der Waals surface area contributed by atoms with Crippen LogP contribution in [0.25, 0.3) is 83.6 Å². The fourth-order valence-corrected chi connectivity index (χ4v) is 17.1. The molecule has 132 heavy (non-hydrogen) atoms. The Balaban J connectivity index is 0.000000120. The van der Waals surface area contributed by atoms with Gasteiger partial charge < -0.3 is 65.6 Å². The van der Waals surface area contributed by atoms with E-state index in [1.807, 2.05) is 178 Å². The Morgan fingerprint density at radius 3 is 1.02 bits per heavy atom. The molecule has 0 atom stereocenters. The molecule has 0 unspecified atom stereocenters. The minimum atomic E-state index is -1.19. The molecule has 5 aliphatic heterocycles. The van der Waals surface area contributed by atoms with Gasteiger partial charge >= 0.3 is 0 Å². The lowest BCUT2D eigenvalue weighted by Gasteiger charge is -2.34. The van der Waals surface area contributed by atoms with E-state index in [2.05, 4.69) is 53.7 Å². The number of primary amides is 3. The van der Waals surface area contributed by atoms with Crippen LogP contribution in [-0.4, -0.2) is 216 Å². The van der Waals surface area contributed by atoms with E-state index in [-0.39, 0.29) is 54.3 Å². The molecular formula is C100H104FN21O10. The number of benzene rings is 3. The van der Waals surface area contributed by atoms with Crippen LogP contribution in [0.1, 0.15) is 192 Å². The van der Waals surface area contributed by atoms with Crippen molar-refractivity contribution in [2.75, 3.05) is 65.4 Å². The van der Waals surface area contributed by atoms with Gasteiger partial charge in [-0.15, -0.1) is 0 Å². The first-order valence-electron chi connectivity index (χ1n) is 44.6. The first kappa shape index (κ1) is 90.3. The van der Waals surface area contributed by atoms with E-state index in [4.69, 9.17) is 17.2 Å². The number of aliphatic hydroxyl groups excluding tert-OH is 2. The Labute approximate surface area is 760 Å². The van der Waals surface area contributed by atoms with E-state index in [9.17, 15) is 53.0 Å². The lowest BCUT2D eigenvalue weighted by Crippen LogP contribution is -2.43. The van der Waals surface area contributed by atoms with Gasteiger partial charge in [0.05, 0.1) is 71.0 Å². The van der Waals surface area contributed by atoms with Gasteiger partial charge in [0, 0.05) is 177 Å². The largest absolute Gasteiger partial charge is 0.392 e. The summed E-state index contributed by atoms with van der Waals surface area (Å²) in [6.07, 6.45) is 33.8. The first-order chi connectivity index (χ1) is 63.9. The van der Waals surface area contributed by atoms with Crippen LogP contribution < -0.4 is 17.2 Å². The average Bonchev–Trinajstić information content (AvgIpc) is 1.61. The summed E-state index contributed by atoms with van der Waals surface area (Å²) in [6, 6.07) is 44.7. The Morgan fingerprint density at radius 1 is 0.333 bits per heavy atom. The standard InChI is InChI=1S/C21H21FN4O2.2C21H23N3O2.C19H19N5O2.C18H18N6O2/c1-21(22)7-10-25(11-8-21)20(28)16-12-15-6-9-26(19(15)24-13-16)17-4-2-14(3-5-17)18(23)27;1-15-6-9-23(10-7-15)21(26)18-12-17-8-11-24(20(17)22-13-18)19-4-2-16(14-25)3-5-19;1-15-5-8-23(9-6-15)21(26)18-12-17-7-10-24(20(17)22-13-18)19-4-2-3-16(11-19)14-25;20-17(25)16-5-4-15(12-21-16)24-9-6-13-10-14(11-22-18(13)24)19(26)23-7-2-1-3-8-23;19-15(25)16-20-10-14(11-21-16)24-7-4-12-8-13(9-22-17(12)24)18(26)23-5-2-1-3-6-23/h2-6,9,12-13H,7-8,10-11H2,1H3,(H2,23,27);2-5,8,11-13,15,25H,6-7,9-10,14H2,1H3;2-4,7,10-13,15,25H,5-6,8-9,14H2,1H3;4-6,9-12H,1-3,7-8H2,(H2,20,25);4,7-11H,1-3,5-6H2,(H2,19,25). The molecule has 32 heteroatoms. The number of carbonyl (C=O) groups is 8. The van der Waals surface area contributed by atoms with Crippen LogP contribution >= 0.6 is 0 Å². The van der Waals surface area contributed by atoms with Crippen LogP contribution in [-0.2, 0) is 13.2 Å². The molecule has 20 rings (SSSR count). The molecule has 12 aromatic heterocycles. The van der Waals surface area contributed by atoms with Crippen molar-refractivity contribution in [3.05, 3.63) is 282 Å². The molecular weight excluding hydrogens is 1670 g/mol. The number of likely N-dealkylation sites (tertiary alicyclic amines) is 5. The van der Waals surface area contributed by atoms with Crippen molar-refractivity contribution >= 4 is 102 Å². The summed E-state index contributed by atoms with van der Waals surface area (Å²) in [4.78, 5) is 141. The zero-order valence-corrected chi connectivity index (χ0v) is 73.8. The molecule has 17 heterocycles. The van der Waals surface area contributed by atoms with E-state index in [0.29, 0.717) is 88.1 Å². The zero-order valence-electron chi connectivity index (χ0n) is 73.8. The number of aromatic nitrogens is 13. The predicted octanol–water partition coefficient (Wildman–Crippen LogP) is 13.6. The maximum absolute atomic E-state index is 14.0. The SMILES string of the molecule is CC1(F)CCN(C(=O)c2cnc3c(ccn3-c3ccc(C(N)=O)cc3)c2)CC1.CC1CCN(C(=O)c2cnc3c(ccn3-c3ccc(CO)cc3)c2)CC1.CC1CCN(C(=O)c2cnc3c(ccn3-c3cccc(CO)c3)c2)CC1.NC(=O)c1ccc(-n2ccc3cc(C(=O)N4CCCCC4)cnc32)cn1.NC(=O)c1ncc(-n2ccc3cc(C(=O)N4CCCCC4)cnc32)cn1. The molecule has 3 aromatic carbocycles. The van der Waals surface area contributed by atoms with Crippen molar-refractivity contribution in [2.24, 2.45) is 29.0 Å². The molecule has 5 fully saturated rings. The van der Waals surface area contributed by atoms with Gasteiger partial charge in [-0.3, -0.25) is 47.5 Å². The molecule has 31 nitrogen and oxygen atoms in total. The topological polar surface area (TPSA) is 399 Å². The van der Waals surface area contributed by atoms with Gasteiger partial charge in [0.2, 0.25) is 11.7 Å².